The summed E-state index contributed by atoms with van der Waals surface area (Å²) in [5.74, 6) is 0. The van der Waals surface area contributed by atoms with Crippen molar-refractivity contribution in [2.24, 2.45) is 0 Å². The zero-order valence-electron chi connectivity index (χ0n) is 9.45. The number of aliphatic hydroxyl groups is 1. The number of hydrogen-bond donors (Lipinski definition) is 2. The molecule has 0 aliphatic carbocycles. The van der Waals surface area contributed by atoms with E-state index in [4.69, 9.17) is 10.4 Å². The van der Waals surface area contributed by atoms with Crippen LogP contribution in [-0.2, 0) is 6.54 Å². The van der Waals surface area contributed by atoms with Crippen LogP contribution in [0, 0.1) is 18.3 Å². The number of hydrogen-bond acceptors (Lipinski definition) is 3. The molecule has 0 heterocycles. The maximum absolute atomic E-state index is 12.0. The average molecular weight is 240 g/mol. The van der Waals surface area contributed by atoms with Crippen LogP contribution in [-0.4, -0.2) is 24.2 Å². The molecule has 1 rings (SSSR count). The van der Waals surface area contributed by atoms with Crippen LogP contribution < -0.4 is 5.32 Å². The van der Waals surface area contributed by atoms with Crippen molar-refractivity contribution in [1.82, 2.24) is 5.32 Å². The minimum absolute atomic E-state index is 0.156. The fourth-order valence-corrected chi connectivity index (χ4v) is 1.41. The van der Waals surface area contributed by atoms with Crippen molar-refractivity contribution in [2.75, 3.05) is 6.54 Å². The highest BCUT2D eigenvalue weighted by atomic mass is 19.3. The Kier molecular flexibility index (Phi) is 5.01. The van der Waals surface area contributed by atoms with Gasteiger partial charge in [-0.05, 0) is 30.2 Å². The topological polar surface area (TPSA) is 56.0 Å². The van der Waals surface area contributed by atoms with E-state index in [0.717, 1.165) is 11.1 Å². The second-order valence-electron chi connectivity index (χ2n) is 3.79. The molecule has 1 atom stereocenters. The molecule has 92 valence electrons. The number of aryl methyl sites for hydroxylation is 1. The predicted octanol–water partition coefficient (Wildman–Crippen LogP) is 1.58. The smallest absolute Gasteiger partial charge is 0.265 e. The third-order valence-electron chi connectivity index (χ3n) is 2.43. The van der Waals surface area contributed by atoms with E-state index >= 15 is 0 Å². The number of nitrogens with one attached hydrogen (secondary N) is 1. The van der Waals surface area contributed by atoms with Crippen molar-refractivity contribution < 1.29 is 13.9 Å². The molecule has 1 aromatic carbocycles. The van der Waals surface area contributed by atoms with Gasteiger partial charge in [-0.1, -0.05) is 6.07 Å². The maximum atomic E-state index is 12.0. The van der Waals surface area contributed by atoms with Crippen molar-refractivity contribution in [2.45, 2.75) is 26.0 Å². The lowest BCUT2D eigenvalue weighted by molar-refractivity contribution is -0.00341. The Labute approximate surface area is 98.7 Å². The van der Waals surface area contributed by atoms with Crippen LogP contribution in [0.15, 0.2) is 18.2 Å². The van der Waals surface area contributed by atoms with Crippen LogP contribution in [0.4, 0.5) is 8.78 Å². The Morgan fingerprint density at radius 3 is 2.71 bits per heavy atom. The largest absolute Gasteiger partial charge is 0.386 e. The number of nitriles is 1. The number of nitrogens with zero attached hydrogens (tertiary/aromatic N) is 1. The molecular weight excluding hydrogens is 226 g/mol. The quantitative estimate of drug-likeness (QED) is 0.821. The van der Waals surface area contributed by atoms with Crippen LogP contribution in [0.25, 0.3) is 0 Å². The van der Waals surface area contributed by atoms with Crippen molar-refractivity contribution in [3.63, 3.8) is 0 Å². The monoisotopic (exact) mass is 240 g/mol. The molecule has 0 spiro atoms. The van der Waals surface area contributed by atoms with Gasteiger partial charge in [0.05, 0.1) is 11.6 Å². The normalized spacial score (nSPS) is 12.5. The Bertz CT molecular complexity index is 415. The van der Waals surface area contributed by atoms with Gasteiger partial charge in [-0.15, -0.1) is 0 Å². The lowest BCUT2D eigenvalue weighted by Gasteiger charge is -2.12. The fourth-order valence-electron chi connectivity index (χ4n) is 1.41. The SMILES string of the molecule is Cc1cc(C#N)ccc1CNCC(O)C(F)F. The van der Waals surface area contributed by atoms with E-state index in [1.807, 2.05) is 13.0 Å². The second-order valence-corrected chi connectivity index (χ2v) is 3.79. The van der Waals surface area contributed by atoms with Crippen LogP contribution in [0.2, 0.25) is 0 Å². The van der Waals surface area contributed by atoms with Gasteiger partial charge in [-0.2, -0.15) is 5.26 Å². The van der Waals surface area contributed by atoms with Crippen LogP contribution in [0.3, 0.4) is 0 Å². The Morgan fingerprint density at radius 1 is 1.47 bits per heavy atom. The summed E-state index contributed by atoms with van der Waals surface area (Å²) in [4.78, 5) is 0. The molecule has 0 amide bonds. The molecule has 0 fully saturated rings. The number of aliphatic hydroxyl groups excluding tert-OH is 1. The highest BCUT2D eigenvalue weighted by Gasteiger charge is 2.15. The Balaban J connectivity index is 2.50. The first kappa shape index (κ1) is 13.6. The molecule has 0 aliphatic heterocycles. The zero-order valence-corrected chi connectivity index (χ0v) is 9.45. The standard InChI is InChI=1S/C12H14F2N2O/c1-8-4-9(5-15)2-3-10(8)6-16-7-11(17)12(13)14/h2-4,11-12,16-17H,6-7H2,1H3. The van der Waals surface area contributed by atoms with Crippen molar-refractivity contribution in [1.29, 1.82) is 5.26 Å². The van der Waals surface area contributed by atoms with Gasteiger partial charge in [0.25, 0.3) is 6.43 Å². The van der Waals surface area contributed by atoms with E-state index in [1.54, 1.807) is 18.2 Å². The van der Waals surface area contributed by atoms with Crippen molar-refractivity contribution >= 4 is 0 Å². The lowest BCUT2D eigenvalue weighted by atomic mass is 10.1. The summed E-state index contributed by atoms with van der Waals surface area (Å²) < 4.78 is 24.0. The number of benzene rings is 1. The highest BCUT2D eigenvalue weighted by molar-refractivity contribution is 5.37. The minimum Gasteiger partial charge on any atom is -0.386 e. The third-order valence-corrected chi connectivity index (χ3v) is 2.43. The summed E-state index contributed by atoms with van der Waals surface area (Å²) in [5, 5.41) is 20.3. The van der Waals surface area contributed by atoms with Crippen molar-refractivity contribution in [3.05, 3.63) is 34.9 Å². The highest BCUT2D eigenvalue weighted by Crippen LogP contribution is 2.10. The van der Waals surface area contributed by atoms with Gasteiger partial charge >= 0.3 is 0 Å². The molecular formula is C12H14F2N2O. The van der Waals surface area contributed by atoms with E-state index in [9.17, 15) is 8.78 Å². The van der Waals surface area contributed by atoms with Crippen LogP contribution in [0.1, 0.15) is 16.7 Å². The van der Waals surface area contributed by atoms with E-state index in [1.165, 1.54) is 0 Å². The number of rotatable bonds is 5. The van der Waals surface area contributed by atoms with Crippen LogP contribution in [0.5, 0.6) is 0 Å². The molecule has 2 N–H and O–H groups in total. The fraction of sp³-hybridized carbons (Fsp3) is 0.417. The Hall–Kier alpha value is -1.51. The zero-order chi connectivity index (χ0) is 12.8. The average Bonchev–Trinajstić information content (AvgIpc) is 2.30. The summed E-state index contributed by atoms with van der Waals surface area (Å²) in [5.41, 5.74) is 2.41. The van der Waals surface area contributed by atoms with Crippen molar-refractivity contribution in [3.8, 4) is 6.07 Å². The van der Waals surface area contributed by atoms with E-state index < -0.39 is 12.5 Å². The summed E-state index contributed by atoms with van der Waals surface area (Å²) in [6, 6.07) is 7.21. The number of alkyl halides is 2. The molecule has 0 aliphatic rings. The summed E-state index contributed by atoms with van der Waals surface area (Å²) in [7, 11) is 0. The van der Waals surface area contributed by atoms with Gasteiger partial charge in [0.15, 0.2) is 0 Å². The molecule has 1 aromatic rings. The van der Waals surface area contributed by atoms with E-state index in [-0.39, 0.29) is 6.54 Å². The van der Waals surface area contributed by atoms with E-state index in [2.05, 4.69) is 5.32 Å². The first-order valence-corrected chi connectivity index (χ1v) is 5.21. The molecule has 5 heteroatoms. The Morgan fingerprint density at radius 2 is 2.18 bits per heavy atom. The summed E-state index contributed by atoms with van der Waals surface area (Å²) >= 11 is 0. The van der Waals surface area contributed by atoms with Gasteiger partial charge in [0.2, 0.25) is 0 Å². The summed E-state index contributed by atoms with van der Waals surface area (Å²) in [6.45, 7) is 2.08. The molecule has 0 aromatic heterocycles. The summed E-state index contributed by atoms with van der Waals surface area (Å²) in [6.07, 6.45) is -4.38. The maximum Gasteiger partial charge on any atom is 0.265 e. The molecule has 1 unspecified atom stereocenters. The molecule has 0 radical (unpaired) electrons. The first-order valence-electron chi connectivity index (χ1n) is 5.21. The van der Waals surface area contributed by atoms with Gasteiger partial charge in [0.1, 0.15) is 6.10 Å². The molecule has 0 bridgehead atoms. The van der Waals surface area contributed by atoms with E-state index in [0.29, 0.717) is 12.1 Å². The van der Waals surface area contributed by atoms with Gasteiger partial charge in [-0.3, -0.25) is 0 Å². The third kappa shape index (κ3) is 4.10. The lowest BCUT2D eigenvalue weighted by Crippen LogP contribution is -2.31. The molecule has 0 saturated heterocycles. The van der Waals surface area contributed by atoms with Gasteiger partial charge in [-0.25, -0.2) is 8.78 Å². The van der Waals surface area contributed by atoms with Crippen LogP contribution >= 0.6 is 0 Å². The molecule has 17 heavy (non-hydrogen) atoms. The molecule has 3 nitrogen and oxygen atoms in total. The van der Waals surface area contributed by atoms with Gasteiger partial charge in [0, 0.05) is 13.1 Å². The second kappa shape index (κ2) is 6.28. The number of halogens is 2. The van der Waals surface area contributed by atoms with Gasteiger partial charge < -0.3 is 10.4 Å². The molecule has 0 saturated carbocycles. The predicted molar refractivity (Wildman–Crippen MR) is 59.6 cm³/mol. The first-order chi connectivity index (χ1) is 8.04. The minimum atomic E-state index is -2.73.